The number of hydrogen-bond acceptors (Lipinski definition) is 4. The fourth-order valence-corrected chi connectivity index (χ4v) is 4.20. The molecule has 0 aliphatic heterocycles. The van der Waals surface area contributed by atoms with Crippen LogP contribution in [-0.4, -0.2) is 17.5 Å². The molecule has 23 heavy (non-hydrogen) atoms. The quantitative estimate of drug-likeness (QED) is 0.534. The van der Waals surface area contributed by atoms with Gasteiger partial charge in [0.1, 0.15) is 0 Å². The van der Waals surface area contributed by atoms with E-state index in [2.05, 4.69) is 4.85 Å². The lowest BCUT2D eigenvalue weighted by molar-refractivity contribution is 0.134. The summed E-state index contributed by atoms with van der Waals surface area (Å²) in [4.78, 5) is 3.41. The summed E-state index contributed by atoms with van der Waals surface area (Å²) in [5.74, 6) is 0. The Morgan fingerprint density at radius 3 is 2.04 bits per heavy atom. The van der Waals surface area contributed by atoms with Gasteiger partial charge in [-0.2, -0.15) is 5.26 Å². The van der Waals surface area contributed by atoms with E-state index in [9.17, 15) is 9.83 Å². The lowest BCUT2D eigenvalue weighted by Crippen LogP contribution is -2.30. The highest BCUT2D eigenvalue weighted by atomic mass is 31.2. The van der Waals surface area contributed by atoms with Crippen molar-refractivity contribution >= 4 is 7.60 Å². The van der Waals surface area contributed by atoms with Gasteiger partial charge in [0.05, 0.1) is 18.6 Å². The van der Waals surface area contributed by atoms with Crippen LogP contribution in [0, 0.1) is 24.8 Å². The summed E-state index contributed by atoms with van der Waals surface area (Å²) in [7, 11) is -3.97. The van der Waals surface area contributed by atoms with E-state index in [1.807, 2.05) is 37.3 Å². The molecule has 0 fully saturated rings. The zero-order valence-corrected chi connectivity index (χ0v) is 15.1. The van der Waals surface area contributed by atoms with Crippen LogP contribution in [0.4, 0.5) is 0 Å². The van der Waals surface area contributed by atoms with Crippen LogP contribution in [0.1, 0.15) is 38.8 Å². The van der Waals surface area contributed by atoms with Crippen molar-refractivity contribution in [3.63, 3.8) is 0 Å². The minimum absolute atomic E-state index is 0.00992. The van der Waals surface area contributed by atoms with Gasteiger partial charge in [-0.15, -0.1) is 0 Å². The van der Waals surface area contributed by atoms with Crippen molar-refractivity contribution in [3.8, 4) is 6.07 Å². The zero-order valence-electron chi connectivity index (χ0n) is 14.2. The molecule has 124 valence electrons. The molecule has 1 rings (SSSR count). The molecule has 0 aromatic heterocycles. The summed E-state index contributed by atoms with van der Waals surface area (Å²) in [6.07, 6.45) is -0.858. The first-order valence-electron chi connectivity index (χ1n) is 7.50. The standard InChI is InChI=1S/C17H23N2O3P/c1-13(2)21-23(20,22-14(3)4)17(12-18,19-6)11-16-9-7-15(5)8-10-16/h7-10,13-14H,11H2,1-5H3. The Hall–Kier alpha value is -1.65. The van der Waals surface area contributed by atoms with Crippen LogP contribution in [-0.2, 0) is 20.0 Å². The molecule has 1 unspecified atom stereocenters. The van der Waals surface area contributed by atoms with Crippen molar-refractivity contribution in [3.05, 3.63) is 46.8 Å². The van der Waals surface area contributed by atoms with Crippen LogP contribution < -0.4 is 0 Å². The molecule has 0 radical (unpaired) electrons. The molecular weight excluding hydrogens is 311 g/mol. The molecule has 1 atom stereocenters. The average Bonchev–Trinajstić information content (AvgIpc) is 2.45. The number of nitriles is 1. The van der Waals surface area contributed by atoms with E-state index >= 15 is 0 Å². The van der Waals surface area contributed by atoms with Crippen molar-refractivity contribution in [2.24, 2.45) is 0 Å². The maximum atomic E-state index is 13.3. The Balaban J connectivity index is 3.33. The van der Waals surface area contributed by atoms with Crippen molar-refractivity contribution in [2.45, 2.75) is 58.5 Å². The molecule has 0 amide bonds. The molecule has 0 saturated carbocycles. The molecule has 0 spiro atoms. The van der Waals surface area contributed by atoms with Crippen LogP contribution in [0.2, 0.25) is 0 Å². The summed E-state index contributed by atoms with van der Waals surface area (Å²) in [6, 6.07) is 9.33. The molecule has 6 heteroatoms. The predicted octanol–water partition coefficient (Wildman–Crippen LogP) is 4.72. The molecule has 0 aliphatic carbocycles. The van der Waals surface area contributed by atoms with Crippen molar-refractivity contribution in [1.82, 2.24) is 0 Å². The molecular formula is C17H23N2O3P. The largest absolute Gasteiger partial charge is 0.432 e. The maximum absolute atomic E-state index is 13.3. The van der Waals surface area contributed by atoms with Gasteiger partial charge in [-0.3, -0.25) is 13.9 Å². The van der Waals surface area contributed by atoms with Gasteiger partial charge in [-0.05, 0) is 40.2 Å². The SMILES string of the molecule is [C-]#[N+]C(C#N)(Cc1ccc(C)cc1)P(=O)(OC(C)C)OC(C)C. The van der Waals surface area contributed by atoms with E-state index < -0.39 is 25.1 Å². The van der Waals surface area contributed by atoms with Crippen LogP contribution in [0.15, 0.2) is 24.3 Å². The first kappa shape index (κ1) is 19.4. The second-order valence-electron chi connectivity index (χ2n) is 6.01. The number of rotatable bonds is 7. The Bertz CT molecular complexity index is 626. The first-order chi connectivity index (χ1) is 10.7. The van der Waals surface area contributed by atoms with E-state index in [-0.39, 0.29) is 6.42 Å². The van der Waals surface area contributed by atoms with Gasteiger partial charge in [-0.1, -0.05) is 29.8 Å². The van der Waals surface area contributed by atoms with E-state index in [4.69, 9.17) is 15.6 Å². The molecule has 1 aromatic carbocycles. The Kier molecular flexibility index (Phi) is 6.54. The first-order valence-corrected chi connectivity index (χ1v) is 9.04. The summed E-state index contributed by atoms with van der Waals surface area (Å²) in [6.45, 7) is 16.3. The minimum Gasteiger partial charge on any atom is -0.299 e. The van der Waals surface area contributed by atoms with Crippen LogP contribution in [0.25, 0.3) is 4.85 Å². The lowest BCUT2D eigenvalue weighted by Gasteiger charge is -2.27. The highest BCUT2D eigenvalue weighted by molar-refractivity contribution is 7.56. The summed E-state index contributed by atoms with van der Waals surface area (Å²) in [5.41, 5.74) is 1.81. The molecule has 0 heterocycles. The highest BCUT2D eigenvalue weighted by Gasteiger charge is 2.60. The van der Waals surface area contributed by atoms with E-state index in [1.54, 1.807) is 27.7 Å². The van der Waals surface area contributed by atoms with Crippen LogP contribution >= 0.6 is 7.60 Å². The molecule has 0 bridgehead atoms. The van der Waals surface area contributed by atoms with Crippen LogP contribution in [0.5, 0.6) is 0 Å². The number of aryl methyl sites for hydroxylation is 1. The highest BCUT2D eigenvalue weighted by Crippen LogP contribution is 2.63. The summed E-state index contributed by atoms with van der Waals surface area (Å²) in [5, 5.41) is 7.77. The van der Waals surface area contributed by atoms with Crippen molar-refractivity contribution < 1.29 is 13.6 Å². The molecule has 0 saturated heterocycles. The number of hydrogen-bond donors (Lipinski definition) is 0. The fraction of sp³-hybridized carbons (Fsp3) is 0.529. The smallest absolute Gasteiger partial charge is 0.299 e. The normalized spacial score (nSPS) is 14.3. The van der Waals surface area contributed by atoms with Gasteiger partial charge in [0.25, 0.3) is 0 Å². The average molecular weight is 334 g/mol. The monoisotopic (exact) mass is 334 g/mol. The third-order valence-electron chi connectivity index (χ3n) is 3.09. The topological polar surface area (TPSA) is 63.7 Å². The van der Waals surface area contributed by atoms with E-state index in [0.717, 1.165) is 11.1 Å². The van der Waals surface area contributed by atoms with Gasteiger partial charge >= 0.3 is 12.9 Å². The second kappa shape index (κ2) is 7.75. The van der Waals surface area contributed by atoms with Gasteiger partial charge in [0.15, 0.2) is 6.07 Å². The third kappa shape index (κ3) is 4.66. The molecule has 1 aromatic rings. The second-order valence-corrected chi connectivity index (χ2v) is 8.16. The zero-order chi connectivity index (χ0) is 17.7. The lowest BCUT2D eigenvalue weighted by atomic mass is 10.1. The molecule has 0 aliphatic rings. The van der Waals surface area contributed by atoms with Gasteiger partial charge in [0, 0.05) is 0 Å². The van der Waals surface area contributed by atoms with E-state index in [1.165, 1.54) is 0 Å². The number of benzene rings is 1. The maximum Gasteiger partial charge on any atom is 0.432 e. The minimum atomic E-state index is -3.97. The van der Waals surface area contributed by atoms with Gasteiger partial charge < -0.3 is 0 Å². The Labute approximate surface area is 138 Å². The fourth-order valence-electron chi connectivity index (χ4n) is 2.07. The number of nitrogens with zero attached hydrogens (tertiary/aromatic N) is 2. The summed E-state index contributed by atoms with van der Waals surface area (Å²) >= 11 is 0. The van der Waals surface area contributed by atoms with Crippen LogP contribution in [0.3, 0.4) is 0 Å². The van der Waals surface area contributed by atoms with Gasteiger partial charge in [-0.25, -0.2) is 11.1 Å². The van der Waals surface area contributed by atoms with Gasteiger partial charge in [0.2, 0.25) is 0 Å². The van der Waals surface area contributed by atoms with Crippen molar-refractivity contribution in [2.75, 3.05) is 0 Å². The third-order valence-corrected chi connectivity index (χ3v) is 5.75. The van der Waals surface area contributed by atoms with Crippen molar-refractivity contribution in [1.29, 1.82) is 5.26 Å². The molecule has 0 N–H and O–H groups in total. The van der Waals surface area contributed by atoms with E-state index in [0.29, 0.717) is 0 Å². The molecule has 5 nitrogen and oxygen atoms in total. The predicted molar refractivity (Wildman–Crippen MR) is 89.9 cm³/mol. The Morgan fingerprint density at radius 1 is 1.22 bits per heavy atom. The summed E-state index contributed by atoms with van der Waals surface area (Å²) < 4.78 is 24.3. The Morgan fingerprint density at radius 2 is 1.70 bits per heavy atom.